The van der Waals surface area contributed by atoms with Crippen LogP contribution in [0.25, 0.3) is 10.8 Å². The molecule has 1 fully saturated rings. The number of fused-ring (bicyclic) bond motifs is 1. The molecule has 0 unspecified atom stereocenters. The van der Waals surface area contributed by atoms with Crippen LogP contribution < -0.4 is 5.32 Å². The zero-order valence-corrected chi connectivity index (χ0v) is 47.6. The van der Waals surface area contributed by atoms with Gasteiger partial charge in [0.1, 0.15) is 5.69 Å². The molecule has 14 heteroatoms. The van der Waals surface area contributed by atoms with Gasteiger partial charge in [0.25, 0.3) is 0 Å². The van der Waals surface area contributed by atoms with Crippen LogP contribution in [0.3, 0.4) is 0 Å². The molecule has 5 aromatic heterocycles. The van der Waals surface area contributed by atoms with Crippen molar-refractivity contribution in [3.05, 3.63) is 112 Å². The molecule has 7 rings (SSSR count). The van der Waals surface area contributed by atoms with Crippen molar-refractivity contribution in [3.8, 4) is 0 Å². The van der Waals surface area contributed by atoms with Crippen LogP contribution in [0, 0.1) is 21.7 Å². The van der Waals surface area contributed by atoms with E-state index in [0.29, 0.717) is 37.4 Å². The van der Waals surface area contributed by atoms with Gasteiger partial charge >= 0.3 is 0 Å². The van der Waals surface area contributed by atoms with Crippen molar-refractivity contribution in [1.82, 2.24) is 34.2 Å². The van der Waals surface area contributed by atoms with Crippen molar-refractivity contribution in [3.63, 3.8) is 0 Å². The third-order valence-electron chi connectivity index (χ3n) is 10.6. The summed E-state index contributed by atoms with van der Waals surface area (Å²) in [5.74, 6) is 1.74. The van der Waals surface area contributed by atoms with E-state index in [9.17, 15) is 19.2 Å². The quantitative estimate of drug-likeness (QED) is 0.132. The number of ketones is 4. The summed E-state index contributed by atoms with van der Waals surface area (Å²) in [5.41, 5.74) is 3.54. The molecule has 1 aliphatic rings. The van der Waals surface area contributed by atoms with E-state index in [-0.39, 0.29) is 50.3 Å². The average molecular weight is 1010 g/mol. The van der Waals surface area contributed by atoms with Gasteiger partial charge in [-0.15, -0.1) is 27.8 Å². The molecule has 0 aliphatic carbocycles. The van der Waals surface area contributed by atoms with Crippen molar-refractivity contribution in [2.45, 2.75) is 154 Å². The first-order valence-electron chi connectivity index (χ1n) is 24.7. The van der Waals surface area contributed by atoms with E-state index in [1.807, 2.05) is 54.9 Å². The summed E-state index contributed by atoms with van der Waals surface area (Å²) in [6, 6.07) is 16.4. The number of thiazole rings is 1. The van der Waals surface area contributed by atoms with Gasteiger partial charge in [0.15, 0.2) is 29.0 Å². The maximum atomic E-state index is 12.4. The summed E-state index contributed by atoms with van der Waals surface area (Å²) >= 11 is 2.93. The van der Waals surface area contributed by atoms with E-state index < -0.39 is 0 Å². The number of aromatic nitrogens is 6. The molecule has 0 bridgehead atoms. The van der Waals surface area contributed by atoms with Gasteiger partial charge in [-0.3, -0.25) is 24.2 Å². The lowest BCUT2D eigenvalue weighted by molar-refractivity contribution is 0.0918. The molecule has 6 heterocycles. The fourth-order valence-corrected chi connectivity index (χ4v) is 8.62. The first-order chi connectivity index (χ1) is 32.8. The third-order valence-corrected chi connectivity index (χ3v) is 12.3. The number of carbonyl (C=O) groups excluding carboxylic acids is 4. The van der Waals surface area contributed by atoms with Crippen molar-refractivity contribution < 1.29 is 19.2 Å². The normalized spacial score (nSPS) is 13.5. The molecule has 0 saturated carbocycles. The summed E-state index contributed by atoms with van der Waals surface area (Å²) in [4.78, 5) is 58.9. The summed E-state index contributed by atoms with van der Waals surface area (Å²) in [5, 5.41) is 15.6. The largest absolute Gasteiger partial charge is 0.363 e. The van der Waals surface area contributed by atoms with Crippen LogP contribution in [0.4, 0.5) is 5.82 Å². The Kier molecular flexibility index (Phi) is 22.4. The lowest BCUT2D eigenvalue weighted by atomic mass is 9.89. The van der Waals surface area contributed by atoms with Gasteiger partial charge in [-0.2, -0.15) is 5.10 Å². The molecule has 0 spiro atoms. The number of nitrogens with one attached hydrogen (secondary N) is 1. The number of imidazole rings is 1. The standard InChI is InChI=1S/C16H26N2O.C12H15N3.C10H16N2O.C10H14OS.C9H13NOS/c1-16(2,3)12-15(19)14-6-5-9-18(14)13-7-10-17(4)11-8-13;1-12(2,3)14-11-10-7-5-4-6-9(10)8-13-15-11;1-10(2,3)5-9(13)8-6-11-7-12(8)4;1-10(2,3)7-8(11)9-5-4-6-12-9;1-9(2,3)4-7(11)8-5-10-6-12-8/h5-6,9,13H,7-8,10-12H2,1-4H3;4-8H,1-3H3,(H,14,15);6-7H,5H2,1-4H3;4-6H,7H2,1-3H3;5-6H,4H2,1-3H3. The van der Waals surface area contributed by atoms with Crippen LogP contribution in [-0.2, 0) is 7.05 Å². The van der Waals surface area contributed by atoms with Crippen LogP contribution in [0.15, 0.2) is 90.5 Å². The number of nitrogens with zero attached hydrogens (tertiary/aromatic N) is 7. The van der Waals surface area contributed by atoms with Crippen LogP contribution in [0.1, 0.15) is 189 Å². The number of benzene rings is 1. The van der Waals surface area contributed by atoms with E-state index >= 15 is 0 Å². The number of piperidine rings is 1. The number of carbonyl (C=O) groups is 4. The smallest absolute Gasteiger partial charge is 0.181 e. The number of hydrogen-bond acceptors (Lipinski definition) is 12. The van der Waals surface area contributed by atoms with Crippen molar-refractivity contribution in [2.75, 3.05) is 25.5 Å². The topological polar surface area (TPSA) is 145 Å². The molecule has 1 N–H and O–H groups in total. The summed E-state index contributed by atoms with van der Waals surface area (Å²) in [6.07, 6.45) is 13.4. The highest BCUT2D eigenvalue weighted by atomic mass is 32.1. The number of anilines is 1. The Labute approximate surface area is 433 Å². The van der Waals surface area contributed by atoms with Crippen LogP contribution in [0.5, 0.6) is 0 Å². The van der Waals surface area contributed by atoms with Gasteiger partial charge in [0.05, 0.1) is 39.7 Å². The molecule has 1 saturated heterocycles. The predicted octanol–water partition coefficient (Wildman–Crippen LogP) is 14.4. The highest BCUT2D eigenvalue weighted by Gasteiger charge is 2.25. The zero-order chi connectivity index (χ0) is 53.4. The van der Waals surface area contributed by atoms with Gasteiger partial charge in [0, 0.05) is 67.5 Å². The zero-order valence-electron chi connectivity index (χ0n) is 46.0. The highest BCUT2D eigenvalue weighted by Crippen LogP contribution is 2.29. The third kappa shape index (κ3) is 23.3. The minimum Gasteiger partial charge on any atom is -0.363 e. The second-order valence-electron chi connectivity index (χ2n) is 24.4. The van der Waals surface area contributed by atoms with Crippen molar-refractivity contribution in [2.24, 2.45) is 28.7 Å². The molecule has 12 nitrogen and oxygen atoms in total. The van der Waals surface area contributed by atoms with E-state index in [2.05, 4.69) is 158 Å². The molecular weight excluding hydrogens is 925 g/mol. The summed E-state index contributed by atoms with van der Waals surface area (Å²) in [7, 11) is 4.00. The van der Waals surface area contributed by atoms with Crippen LogP contribution in [-0.4, -0.2) is 83.0 Å². The molecule has 0 amide bonds. The van der Waals surface area contributed by atoms with E-state index in [4.69, 9.17) is 0 Å². The Morgan fingerprint density at radius 1 is 0.606 bits per heavy atom. The first-order valence-corrected chi connectivity index (χ1v) is 26.4. The number of aryl methyl sites for hydroxylation is 1. The number of rotatable bonds is 10. The van der Waals surface area contributed by atoms with Crippen molar-refractivity contribution >= 4 is 62.4 Å². The first kappa shape index (κ1) is 60.1. The molecule has 71 heavy (non-hydrogen) atoms. The van der Waals surface area contributed by atoms with Crippen molar-refractivity contribution in [1.29, 1.82) is 0 Å². The van der Waals surface area contributed by atoms with Gasteiger partial charge < -0.3 is 19.4 Å². The predicted molar refractivity (Wildman–Crippen MR) is 296 cm³/mol. The minimum absolute atomic E-state index is 0.00119. The molecule has 0 radical (unpaired) electrons. The molecular formula is C57H84N8O4S2. The highest BCUT2D eigenvalue weighted by molar-refractivity contribution is 7.12. The average Bonchev–Trinajstić information content (AvgIpc) is 4.08. The van der Waals surface area contributed by atoms with E-state index in [0.717, 1.165) is 58.0 Å². The molecule has 1 aliphatic heterocycles. The van der Waals surface area contributed by atoms with Gasteiger partial charge in [-0.1, -0.05) is 113 Å². The SMILES string of the molecule is CC(C)(C)CC(=O)c1cccs1.CC(C)(C)CC(=O)c1cncs1.CC(C)(C)Nc1nncc2ccccc12.CN1CCC(n2cccc2C(=O)CC(C)(C)C)CC1.Cn1cncc1C(=O)CC(C)(C)C. The van der Waals surface area contributed by atoms with E-state index in [1.165, 1.54) is 22.7 Å². The maximum Gasteiger partial charge on any atom is 0.181 e. The van der Waals surface area contributed by atoms with Gasteiger partial charge in [0.2, 0.25) is 0 Å². The second kappa shape index (κ2) is 26.5. The Morgan fingerprint density at radius 2 is 1.15 bits per heavy atom. The lowest BCUT2D eigenvalue weighted by Gasteiger charge is -2.31. The number of hydrogen-bond donors (Lipinski definition) is 1. The van der Waals surface area contributed by atoms with Crippen LogP contribution >= 0.6 is 22.7 Å². The Bertz CT molecular complexity index is 2490. The Balaban J connectivity index is 0.000000237. The molecule has 1 aromatic carbocycles. The maximum absolute atomic E-state index is 12.4. The number of thiophene rings is 1. The number of likely N-dealkylation sites (tertiary alicyclic amines) is 1. The Morgan fingerprint density at radius 3 is 1.65 bits per heavy atom. The minimum atomic E-state index is -0.00119. The summed E-state index contributed by atoms with van der Waals surface area (Å²) < 4.78 is 3.97. The molecule has 0 atom stereocenters. The number of Topliss-reactive ketones (excluding diaryl/α,β-unsaturated/α-hetero) is 4. The fourth-order valence-electron chi connectivity index (χ4n) is 7.40. The second-order valence-corrected chi connectivity index (χ2v) is 26.2. The van der Waals surface area contributed by atoms with E-state index in [1.54, 1.807) is 35.0 Å². The Hall–Kier alpha value is -5.18. The van der Waals surface area contributed by atoms with Crippen LogP contribution in [0.2, 0.25) is 0 Å². The van der Waals surface area contributed by atoms with Gasteiger partial charge in [-0.25, -0.2) is 4.98 Å². The molecule has 388 valence electrons. The fraction of sp³-hybridized carbons (Fsp3) is 0.544. The summed E-state index contributed by atoms with van der Waals surface area (Å²) in [6.45, 7) is 33.5. The monoisotopic (exact) mass is 1010 g/mol. The molecule has 6 aromatic rings. The van der Waals surface area contributed by atoms with Gasteiger partial charge in [-0.05, 0) is 99.0 Å². The lowest BCUT2D eigenvalue weighted by Crippen LogP contribution is -2.32.